The maximum absolute atomic E-state index is 12.1. The number of rotatable bonds is 7. The normalized spacial score (nSPS) is 10.5. The fourth-order valence-electron chi connectivity index (χ4n) is 2.83. The lowest BCUT2D eigenvalue weighted by Crippen LogP contribution is -2.29. The average molecular weight is 543 g/mol. The third kappa shape index (κ3) is 7.38. The largest absolute Gasteiger partial charge is 0.508 e. The van der Waals surface area contributed by atoms with Crippen LogP contribution < -0.4 is 5.43 Å². The number of phenols is 4. The van der Waals surface area contributed by atoms with Gasteiger partial charge in [-0.15, -0.1) is 47.2 Å². The quantitative estimate of drug-likeness (QED) is 0.219. The zero-order chi connectivity index (χ0) is 23.8. The number of alkyl halides is 3. The van der Waals surface area contributed by atoms with Crippen LogP contribution in [0.15, 0.2) is 39.5 Å². The van der Waals surface area contributed by atoms with Crippen molar-refractivity contribution in [2.24, 2.45) is 0 Å². The summed E-state index contributed by atoms with van der Waals surface area (Å²) in [4.78, 5) is 14.3. The van der Waals surface area contributed by atoms with E-state index in [9.17, 15) is 30.3 Å². The Labute approximate surface area is 210 Å². The van der Waals surface area contributed by atoms with Gasteiger partial charge in [-0.3, -0.25) is 9.69 Å². The van der Waals surface area contributed by atoms with Crippen LogP contribution in [0.25, 0.3) is 22.3 Å². The summed E-state index contributed by atoms with van der Waals surface area (Å²) >= 11 is 16.6. The van der Waals surface area contributed by atoms with Gasteiger partial charge in [-0.1, -0.05) is 0 Å². The lowest BCUT2D eigenvalue weighted by molar-refractivity contribution is 0.327. The van der Waals surface area contributed by atoms with Gasteiger partial charge >= 0.3 is 0 Å². The van der Waals surface area contributed by atoms with E-state index in [1.165, 1.54) is 6.07 Å². The number of benzene rings is 2. The molecule has 5 N–H and O–H groups in total. The summed E-state index contributed by atoms with van der Waals surface area (Å²) < 4.78 is 5.35. The number of halogens is 4. The topological polar surface area (TPSA) is 135 Å². The van der Waals surface area contributed by atoms with E-state index < -0.39 is 22.7 Å². The smallest absolute Gasteiger partial charge is 0.238 e. The highest BCUT2D eigenvalue weighted by atomic mass is 35.5. The van der Waals surface area contributed by atoms with E-state index in [-0.39, 0.29) is 46.2 Å². The van der Waals surface area contributed by atoms with Crippen molar-refractivity contribution in [2.45, 2.75) is 0 Å². The summed E-state index contributed by atoms with van der Waals surface area (Å²) in [6.45, 7) is 2.63. The lowest BCUT2D eigenvalue weighted by atomic mass is 10.1. The minimum atomic E-state index is -0.888. The Morgan fingerprint density at radius 2 is 1.36 bits per heavy atom. The number of nitrogens with zero attached hydrogens (tertiary/aromatic N) is 1. The zero-order valence-corrected chi connectivity index (χ0v) is 20.3. The molecular weight excluding hydrogens is 520 g/mol. The molecule has 0 unspecified atom stereocenters. The third-order valence-corrected chi connectivity index (χ3v) is 4.88. The predicted molar refractivity (Wildman–Crippen MR) is 132 cm³/mol. The number of hydrogen-bond donors (Lipinski definition) is 5. The first-order valence-electron chi connectivity index (χ1n) is 9.37. The Morgan fingerprint density at radius 3 is 1.88 bits per heavy atom. The SMILES string of the molecule is Cl.ClCCN(CCCl)CCCl.O=c1c(O)c(-c2ccc(O)c(O)c2)oc2cc(O)cc(O)c12. The van der Waals surface area contributed by atoms with Gasteiger partial charge in [-0.25, -0.2) is 0 Å². The molecule has 33 heavy (non-hydrogen) atoms. The molecule has 3 rings (SSSR count). The summed E-state index contributed by atoms with van der Waals surface area (Å²) in [6.07, 6.45) is 0. The Kier molecular flexibility index (Phi) is 11.8. The molecule has 0 saturated heterocycles. The zero-order valence-electron chi connectivity index (χ0n) is 17.2. The van der Waals surface area contributed by atoms with Crippen LogP contribution in [0.1, 0.15) is 0 Å². The molecule has 182 valence electrons. The predicted octanol–water partition coefficient (Wildman–Crippen LogP) is 4.41. The second kappa shape index (κ2) is 13.5. The molecule has 0 bridgehead atoms. The van der Waals surface area contributed by atoms with Crippen molar-refractivity contribution in [3.05, 3.63) is 40.6 Å². The van der Waals surface area contributed by atoms with Gasteiger partial charge in [0.1, 0.15) is 22.5 Å². The van der Waals surface area contributed by atoms with Crippen LogP contribution in [0.5, 0.6) is 28.7 Å². The van der Waals surface area contributed by atoms with Crippen LogP contribution in [-0.2, 0) is 0 Å². The second-order valence-corrected chi connectivity index (χ2v) is 7.69. The van der Waals surface area contributed by atoms with E-state index in [1.807, 2.05) is 0 Å². The van der Waals surface area contributed by atoms with Crippen LogP contribution in [0.3, 0.4) is 0 Å². The van der Waals surface area contributed by atoms with Gasteiger partial charge in [-0.05, 0) is 18.2 Å². The Bertz CT molecular complexity index is 1110. The summed E-state index contributed by atoms with van der Waals surface area (Å²) in [6, 6.07) is 5.64. The fraction of sp³-hybridized carbons (Fsp3) is 0.286. The van der Waals surface area contributed by atoms with Gasteiger partial charge < -0.3 is 29.9 Å². The highest BCUT2D eigenvalue weighted by Gasteiger charge is 2.19. The van der Waals surface area contributed by atoms with E-state index >= 15 is 0 Å². The molecule has 0 aliphatic heterocycles. The van der Waals surface area contributed by atoms with Gasteiger partial charge in [0.2, 0.25) is 11.2 Å². The Morgan fingerprint density at radius 1 is 0.788 bits per heavy atom. The molecule has 1 heterocycles. The van der Waals surface area contributed by atoms with Crippen LogP contribution in [0, 0.1) is 0 Å². The first-order chi connectivity index (χ1) is 15.2. The molecule has 1 aromatic heterocycles. The molecule has 8 nitrogen and oxygen atoms in total. The molecule has 2 aromatic carbocycles. The third-order valence-electron chi connectivity index (χ3n) is 4.38. The van der Waals surface area contributed by atoms with Crippen molar-refractivity contribution in [1.82, 2.24) is 4.90 Å². The first kappa shape index (κ1) is 28.8. The number of aromatic hydroxyl groups is 5. The minimum Gasteiger partial charge on any atom is -0.508 e. The Hall–Kier alpha value is -2.23. The van der Waals surface area contributed by atoms with Gasteiger partial charge in [0, 0.05) is 55.0 Å². The standard InChI is InChI=1S/C15H10O7.C6H12Cl3N.ClH/c16-7-4-10(19)12-11(5-7)22-15(14(21)13(12)20)6-1-2-8(17)9(18)3-6;7-1-4-10(5-2-8)6-3-9;/h1-5,16-19,21H;1-6H2;1H. The van der Waals surface area contributed by atoms with Crippen molar-refractivity contribution in [2.75, 3.05) is 37.3 Å². The summed E-state index contributed by atoms with van der Waals surface area (Å²) in [5, 5.41) is 47.6. The van der Waals surface area contributed by atoms with Gasteiger partial charge in [0.15, 0.2) is 17.3 Å². The monoisotopic (exact) mass is 541 g/mol. The first-order valence-corrected chi connectivity index (χ1v) is 11.0. The molecule has 0 saturated carbocycles. The molecular formula is C21H23Cl4NO7. The number of phenolic OH excluding ortho intramolecular Hbond substituents is 4. The molecule has 3 aromatic rings. The van der Waals surface area contributed by atoms with Crippen LogP contribution in [0.2, 0.25) is 0 Å². The van der Waals surface area contributed by atoms with Crippen LogP contribution in [0.4, 0.5) is 0 Å². The average Bonchev–Trinajstić information content (AvgIpc) is 2.73. The van der Waals surface area contributed by atoms with E-state index in [0.717, 1.165) is 43.9 Å². The van der Waals surface area contributed by atoms with Crippen LogP contribution >= 0.6 is 47.2 Å². The van der Waals surface area contributed by atoms with Gasteiger partial charge in [-0.2, -0.15) is 0 Å². The molecule has 12 heteroatoms. The van der Waals surface area contributed by atoms with Crippen molar-refractivity contribution in [3.63, 3.8) is 0 Å². The van der Waals surface area contributed by atoms with Crippen molar-refractivity contribution >= 4 is 58.2 Å². The molecule has 0 spiro atoms. The lowest BCUT2D eigenvalue weighted by Gasteiger charge is -2.17. The van der Waals surface area contributed by atoms with E-state index in [0.29, 0.717) is 17.6 Å². The second-order valence-electron chi connectivity index (χ2n) is 6.56. The Balaban J connectivity index is 0.000000425. The van der Waals surface area contributed by atoms with Gasteiger partial charge in [0.25, 0.3) is 0 Å². The van der Waals surface area contributed by atoms with E-state index in [4.69, 9.17) is 39.2 Å². The maximum Gasteiger partial charge on any atom is 0.238 e. The highest BCUT2D eigenvalue weighted by Crippen LogP contribution is 2.37. The van der Waals surface area contributed by atoms with Crippen LogP contribution in [-0.4, -0.2) is 67.7 Å². The summed E-state index contributed by atoms with van der Waals surface area (Å²) in [5.41, 5.74) is -0.890. The highest BCUT2D eigenvalue weighted by molar-refractivity contribution is 6.18. The van der Waals surface area contributed by atoms with Crippen molar-refractivity contribution < 1.29 is 29.9 Å². The minimum absolute atomic E-state index is 0. The van der Waals surface area contributed by atoms with Crippen molar-refractivity contribution in [3.8, 4) is 40.1 Å². The molecule has 0 amide bonds. The van der Waals surface area contributed by atoms with Gasteiger partial charge in [0.05, 0.1) is 0 Å². The molecule has 0 radical (unpaired) electrons. The van der Waals surface area contributed by atoms with E-state index in [1.54, 1.807) is 0 Å². The maximum atomic E-state index is 12.1. The number of fused-ring (bicyclic) bond motifs is 1. The van der Waals surface area contributed by atoms with E-state index in [2.05, 4.69) is 4.90 Å². The fourth-order valence-corrected chi connectivity index (χ4v) is 3.55. The number of hydrogen-bond acceptors (Lipinski definition) is 8. The molecule has 0 atom stereocenters. The molecule has 0 aliphatic rings. The van der Waals surface area contributed by atoms with Crippen molar-refractivity contribution in [1.29, 1.82) is 0 Å². The summed E-state index contributed by atoms with van der Waals surface area (Å²) in [7, 11) is 0. The molecule has 0 fully saturated rings. The molecule has 0 aliphatic carbocycles. The summed E-state index contributed by atoms with van der Waals surface area (Å²) in [5.74, 6) is -0.774.